The number of nitrogens with zero attached hydrogens (tertiary/aromatic N) is 1. The molecule has 1 aromatic heterocycles. The average Bonchev–Trinajstić information content (AvgIpc) is 2.28. The smallest absolute Gasteiger partial charge is 0.331 e. The van der Waals surface area contributed by atoms with E-state index in [0.29, 0.717) is 0 Å². The Hall–Kier alpha value is -1.21. The number of imidazole rings is 1. The summed E-state index contributed by atoms with van der Waals surface area (Å²) in [6.45, 7) is 0. The van der Waals surface area contributed by atoms with Crippen LogP contribution in [0.4, 0.5) is 26.3 Å². The topological polar surface area (TPSA) is 28.7 Å². The monoisotopic (exact) mass is 204 g/mol. The van der Waals surface area contributed by atoms with E-state index in [-0.39, 0.29) is 6.20 Å². The van der Waals surface area contributed by atoms with Crippen LogP contribution in [0.3, 0.4) is 0 Å². The molecule has 0 bridgehead atoms. The SMILES string of the molecule is FC(F)(F)c1cnc(C(F)(F)F)[nH]1. The van der Waals surface area contributed by atoms with E-state index in [1.165, 1.54) is 0 Å². The molecule has 13 heavy (non-hydrogen) atoms. The zero-order chi connectivity index (χ0) is 10.3. The first-order valence-corrected chi connectivity index (χ1v) is 2.90. The molecule has 0 aliphatic rings. The summed E-state index contributed by atoms with van der Waals surface area (Å²) in [5.74, 6) is -1.65. The second kappa shape index (κ2) is 2.64. The highest BCUT2D eigenvalue weighted by Gasteiger charge is 2.39. The minimum atomic E-state index is -4.89. The molecule has 74 valence electrons. The Morgan fingerprint density at radius 3 is 1.77 bits per heavy atom. The maximum absolute atomic E-state index is 11.8. The Bertz CT molecular complexity index is 266. The third-order valence-electron chi connectivity index (χ3n) is 1.15. The Labute approximate surface area is 67.6 Å². The van der Waals surface area contributed by atoms with Crippen LogP contribution in [0.1, 0.15) is 11.5 Å². The number of nitrogens with one attached hydrogen (secondary N) is 1. The van der Waals surface area contributed by atoms with Gasteiger partial charge in [-0.05, 0) is 0 Å². The molecule has 0 fully saturated rings. The molecule has 0 amide bonds. The highest BCUT2D eigenvalue weighted by atomic mass is 19.4. The number of halogens is 6. The van der Waals surface area contributed by atoms with Gasteiger partial charge in [0.25, 0.3) is 0 Å². The molecule has 1 N–H and O–H groups in total. The zero-order valence-corrected chi connectivity index (χ0v) is 5.79. The van der Waals surface area contributed by atoms with E-state index in [0.717, 1.165) is 4.98 Å². The van der Waals surface area contributed by atoms with Gasteiger partial charge in [-0.1, -0.05) is 0 Å². The summed E-state index contributed by atoms with van der Waals surface area (Å²) in [5, 5.41) is 0. The van der Waals surface area contributed by atoms with Crippen LogP contribution in [0.5, 0.6) is 0 Å². The van der Waals surface area contributed by atoms with Crippen LogP contribution in [-0.4, -0.2) is 9.97 Å². The van der Waals surface area contributed by atoms with Gasteiger partial charge in [-0.2, -0.15) is 26.3 Å². The number of aromatic nitrogens is 2. The molecule has 1 heterocycles. The maximum Gasteiger partial charge on any atom is 0.449 e. The number of hydrogen-bond acceptors (Lipinski definition) is 1. The maximum atomic E-state index is 11.8. The fourth-order valence-electron chi connectivity index (χ4n) is 0.609. The van der Waals surface area contributed by atoms with Crippen molar-refractivity contribution in [3.05, 3.63) is 17.7 Å². The van der Waals surface area contributed by atoms with Crippen molar-refractivity contribution in [2.45, 2.75) is 12.4 Å². The predicted octanol–water partition coefficient (Wildman–Crippen LogP) is 2.45. The molecule has 0 saturated heterocycles. The molecule has 0 aliphatic heterocycles. The van der Waals surface area contributed by atoms with Crippen LogP contribution in [0.2, 0.25) is 0 Å². The second-order valence-corrected chi connectivity index (χ2v) is 2.14. The van der Waals surface area contributed by atoms with Gasteiger partial charge >= 0.3 is 12.4 Å². The average molecular weight is 204 g/mol. The lowest BCUT2D eigenvalue weighted by Crippen LogP contribution is -2.10. The van der Waals surface area contributed by atoms with Crippen LogP contribution >= 0.6 is 0 Å². The highest BCUT2D eigenvalue weighted by Crippen LogP contribution is 2.31. The number of rotatable bonds is 0. The van der Waals surface area contributed by atoms with Gasteiger partial charge in [-0.25, -0.2) is 4.98 Å². The molecule has 1 rings (SSSR count). The van der Waals surface area contributed by atoms with E-state index in [2.05, 4.69) is 4.98 Å². The summed E-state index contributed by atoms with van der Waals surface area (Å²) in [7, 11) is 0. The Kier molecular flexibility index (Phi) is 2.01. The summed E-state index contributed by atoms with van der Waals surface area (Å²) in [6.07, 6.45) is -9.62. The molecule has 0 aromatic carbocycles. The predicted molar refractivity (Wildman–Crippen MR) is 28.6 cm³/mol. The van der Waals surface area contributed by atoms with E-state index in [9.17, 15) is 26.3 Å². The van der Waals surface area contributed by atoms with Crippen LogP contribution in [-0.2, 0) is 12.4 Å². The first kappa shape index (κ1) is 9.87. The lowest BCUT2D eigenvalue weighted by molar-refractivity contribution is -0.149. The minimum Gasteiger partial charge on any atom is -0.331 e. The van der Waals surface area contributed by atoms with E-state index >= 15 is 0 Å². The first-order valence-electron chi connectivity index (χ1n) is 2.90. The Morgan fingerprint density at radius 1 is 1.00 bits per heavy atom. The van der Waals surface area contributed by atoms with Gasteiger partial charge in [0.2, 0.25) is 5.82 Å². The molecule has 0 radical (unpaired) electrons. The number of hydrogen-bond donors (Lipinski definition) is 1. The quantitative estimate of drug-likeness (QED) is 0.646. The summed E-state index contributed by atoms with van der Waals surface area (Å²) < 4.78 is 70.4. The number of aromatic amines is 1. The Balaban J connectivity index is 3.01. The van der Waals surface area contributed by atoms with Gasteiger partial charge in [0.05, 0.1) is 6.20 Å². The number of alkyl halides is 6. The zero-order valence-electron chi connectivity index (χ0n) is 5.79. The highest BCUT2D eigenvalue weighted by molar-refractivity contribution is 5.06. The molecule has 0 spiro atoms. The molecule has 0 saturated carbocycles. The third-order valence-corrected chi connectivity index (χ3v) is 1.15. The molecule has 1 aromatic rings. The summed E-state index contributed by atoms with van der Waals surface area (Å²) in [5.41, 5.74) is -1.51. The normalized spacial score (nSPS) is 13.4. The fourth-order valence-corrected chi connectivity index (χ4v) is 0.609. The van der Waals surface area contributed by atoms with E-state index < -0.39 is 23.9 Å². The molecule has 2 nitrogen and oxygen atoms in total. The van der Waals surface area contributed by atoms with Crippen molar-refractivity contribution >= 4 is 0 Å². The standard InChI is InChI=1S/C5H2F6N2/c6-4(7,8)2-1-12-3(13-2)5(9,10)11/h1H,(H,12,13). The van der Waals surface area contributed by atoms with E-state index in [1.807, 2.05) is 0 Å². The summed E-state index contributed by atoms with van der Waals surface area (Å²) in [4.78, 5) is 3.69. The van der Waals surface area contributed by atoms with Crippen molar-refractivity contribution < 1.29 is 26.3 Å². The molecule has 0 unspecified atom stereocenters. The summed E-state index contributed by atoms with van der Waals surface area (Å²) in [6, 6.07) is 0. The molecular weight excluding hydrogens is 202 g/mol. The fraction of sp³-hybridized carbons (Fsp3) is 0.400. The van der Waals surface area contributed by atoms with Gasteiger partial charge in [0.15, 0.2) is 0 Å². The van der Waals surface area contributed by atoms with Crippen LogP contribution in [0, 0.1) is 0 Å². The van der Waals surface area contributed by atoms with Gasteiger partial charge < -0.3 is 4.98 Å². The van der Waals surface area contributed by atoms with Crippen LogP contribution in [0.25, 0.3) is 0 Å². The molecule has 0 atom stereocenters. The van der Waals surface area contributed by atoms with E-state index in [4.69, 9.17) is 0 Å². The molecule has 0 aliphatic carbocycles. The van der Waals surface area contributed by atoms with Crippen molar-refractivity contribution in [2.24, 2.45) is 0 Å². The minimum absolute atomic E-state index is 0.100. The van der Waals surface area contributed by atoms with Crippen LogP contribution in [0.15, 0.2) is 6.20 Å². The van der Waals surface area contributed by atoms with Crippen molar-refractivity contribution in [1.82, 2.24) is 9.97 Å². The van der Waals surface area contributed by atoms with Gasteiger partial charge in [0, 0.05) is 0 Å². The molecular formula is C5H2F6N2. The number of H-pyrrole nitrogens is 1. The second-order valence-electron chi connectivity index (χ2n) is 2.14. The van der Waals surface area contributed by atoms with Gasteiger partial charge in [0.1, 0.15) is 5.69 Å². The summed E-state index contributed by atoms with van der Waals surface area (Å²) >= 11 is 0. The third kappa shape index (κ3) is 2.13. The van der Waals surface area contributed by atoms with Gasteiger partial charge in [-0.15, -0.1) is 0 Å². The lowest BCUT2D eigenvalue weighted by atomic mass is 10.5. The van der Waals surface area contributed by atoms with Crippen molar-refractivity contribution in [1.29, 1.82) is 0 Å². The van der Waals surface area contributed by atoms with Crippen molar-refractivity contribution in [2.75, 3.05) is 0 Å². The Morgan fingerprint density at radius 2 is 1.54 bits per heavy atom. The van der Waals surface area contributed by atoms with Crippen molar-refractivity contribution in [3.63, 3.8) is 0 Å². The molecule has 8 heteroatoms. The lowest BCUT2D eigenvalue weighted by Gasteiger charge is -2.02. The van der Waals surface area contributed by atoms with E-state index in [1.54, 1.807) is 0 Å². The van der Waals surface area contributed by atoms with Gasteiger partial charge in [-0.3, -0.25) is 0 Å². The van der Waals surface area contributed by atoms with Crippen molar-refractivity contribution in [3.8, 4) is 0 Å². The largest absolute Gasteiger partial charge is 0.449 e. The first-order chi connectivity index (χ1) is 5.71. The van der Waals surface area contributed by atoms with Crippen LogP contribution < -0.4 is 0 Å².